The highest BCUT2D eigenvalue weighted by Crippen LogP contribution is 2.20. The first-order valence-corrected chi connectivity index (χ1v) is 10.1. The van der Waals surface area contributed by atoms with E-state index in [1.165, 1.54) is 18.5 Å². The van der Waals surface area contributed by atoms with Gasteiger partial charge in [0.2, 0.25) is 0 Å². The van der Waals surface area contributed by atoms with Gasteiger partial charge < -0.3 is 15.1 Å². The van der Waals surface area contributed by atoms with E-state index in [1.807, 2.05) is 12.1 Å². The topological polar surface area (TPSA) is 35.6 Å². The number of rotatable bonds is 9. The molecule has 1 saturated heterocycles. The fourth-order valence-corrected chi connectivity index (χ4v) is 3.61. The van der Waals surface area contributed by atoms with Crippen molar-refractivity contribution in [2.24, 2.45) is 0 Å². The van der Waals surface area contributed by atoms with Gasteiger partial charge in [0.25, 0.3) is 5.91 Å². The fraction of sp³-hybridized carbons (Fsp3) is 0.667. The van der Waals surface area contributed by atoms with Crippen molar-refractivity contribution in [2.75, 3.05) is 37.6 Å². The molecule has 1 fully saturated rings. The first-order valence-electron chi connectivity index (χ1n) is 10.1. The monoisotopic (exact) mass is 345 g/mol. The number of anilines is 1. The third-order valence-corrected chi connectivity index (χ3v) is 5.12. The van der Waals surface area contributed by atoms with Crippen LogP contribution >= 0.6 is 0 Å². The van der Waals surface area contributed by atoms with E-state index in [1.54, 1.807) is 0 Å². The second kappa shape index (κ2) is 10.4. The Morgan fingerprint density at radius 1 is 1.04 bits per heavy atom. The standard InChI is InChI=1S/C21H35N3O/c1-4-7-17-23(6-3)19-10-8-18(9-11-19)21(25)24(16-5-2)20-12-14-22-15-13-20/h8-11,20,22H,4-7,12-17H2,1-3H3. The van der Waals surface area contributed by atoms with Crippen LogP contribution in [0, 0.1) is 0 Å². The summed E-state index contributed by atoms with van der Waals surface area (Å²) in [4.78, 5) is 17.5. The van der Waals surface area contributed by atoms with E-state index < -0.39 is 0 Å². The van der Waals surface area contributed by atoms with Gasteiger partial charge in [0.1, 0.15) is 0 Å². The Balaban J connectivity index is 2.08. The molecule has 2 rings (SSSR count). The molecule has 0 atom stereocenters. The summed E-state index contributed by atoms with van der Waals surface area (Å²) in [6.07, 6.45) is 5.53. The second-order valence-corrected chi connectivity index (χ2v) is 6.96. The second-order valence-electron chi connectivity index (χ2n) is 6.96. The molecule has 0 unspecified atom stereocenters. The number of amides is 1. The van der Waals surface area contributed by atoms with Gasteiger partial charge in [-0.25, -0.2) is 0 Å². The first kappa shape index (κ1) is 19.8. The van der Waals surface area contributed by atoms with Crippen LogP contribution in [-0.4, -0.2) is 49.6 Å². The average molecular weight is 346 g/mol. The lowest BCUT2D eigenvalue weighted by Gasteiger charge is -2.34. The zero-order valence-corrected chi connectivity index (χ0v) is 16.3. The Morgan fingerprint density at radius 3 is 2.28 bits per heavy atom. The molecule has 1 aromatic rings. The minimum Gasteiger partial charge on any atom is -0.372 e. The molecule has 1 N–H and O–H groups in total. The van der Waals surface area contributed by atoms with E-state index >= 15 is 0 Å². The van der Waals surface area contributed by atoms with Gasteiger partial charge >= 0.3 is 0 Å². The number of carbonyl (C=O) groups excluding carboxylic acids is 1. The molecule has 25 heavy (non-hydrogen) atoms. The number of nitrogens with zero attached hydrogens (tertiary/aromatic N) is 2. The maximum absolute atomic E-state index is 13.0. The summed E-state index contributed by atoms with van der Waals surface area (Å²) < 4.78 is 0. The molecular weight excluding hydrogens is 310 g/mol. The molecule has 0 spiro atoms. The number of hydrogen-bond donors (Lipinski definition) is 1. The smallest absolute Gasteiger partial charge is 0.254 e. The predicted molar refractivity (Wildman–Crippen MR) is 106 cm³/mol. The number of hydrogen-bond acceptors (Lipinski definition) is 3. The molecule has 0 bridgehead atoms. The third-order valence-electron chi connectivity index (χ3n) is 5.12. The van der Waals surface area contributed by atoms with Gasteiger partial charge in [-0.3, -0.25) is 4.79 Å². The number of piperidine rings is 1. The van der Waals surface area contributed by atoms with Crippen molar-refractivity contribution < 1.29 is 4.79 Å². The lowest BCUT2D eigenvalue weighted by atomic mass is 10.0. The van der Waals surface area contributed by atoms with Crippen molar-refractivity contribution in [1.29, 1.82) is 0 Å². The largest absolute Gasteiger partial charge is 0.372 e. The van der Waals surface area contributed by atoms with Crippen LogP contribution in [0.4, 0.5) is 5.69 Å². The normalized spacial score (nSPS) is 15.2. The zero-order valence-electron chi connectivity index (χ0n) is 16.3. The average Bonchev–Trinajstić information content (AvgIpc) is 2.67. The van der Waals surface area contributed by atoms with E-state index in [4.69, 9.17) is 0 Å². The zero-order chi connectivity index (χ0) is 18.1. The highest BCUT2D eigenvalue weighted by molar-refractivity contribution is 5.94. The van der Waals surface area contributed by atoms with Crippen LogP contribution < -0.4 is 10.2 Å². The van der Waals surface area contributed by atoms with E-state index in [9.17, 15) is 4.79 Å². The Kier molecular flexibility index (Phi) is 8.26. The molecule has 4 heteroatoms. The van der Waals surface area contributed by atoms with Crippen LogP contribution in [0.25, 0.3) is 0 Å². The Bertz CT molecular complexity index is 508. The van der Waals surface area contributed by atoms with E-state index in [0.29, 0.717) is 6.04 Å². The van der Waals surface area contributed by atoms with Crippen LogP contribution in [0.2, 0.25) is 0 Å². The van der Waals surface area contributed by atoms with Crippen LogP contribution in [-0.2, 0) is 0 Å². The Morgan fingerprint density at radius 2 is 1.72 bits per heavy atom. The first-order chi connectivity index (χ1) is 12.2. The lowest BCUT2D eigenvalue weighted by molar-refractivity contribution is 0.0642. The van der Waals surface area contributed by atoms with Crippen molar-refractivity contribution in [1.82, 2.24) is 10.2 Å². The molecule has 1 amide bonds. The van der Waals surface area contributed by atoms with Crippen molar-refractivity contribution >= 4 is 11.6 Å². The van der Waals surface area contributed by atoms with Gasteiger partial charge in [-0.1, -0.05) is 20.3 Å². The number of benzene rings is 1. The molecule has 4 nitrogen and oxygen atoms in total. The number of unbranched alkanes of at least 4 members (excludes halogenated alkanes) is 1. The quantitative estimate of drug-likeness (QED) is 0.737. The minimum atomic E-state index is 0.192. The Hall–Kier alpha value is -1.55. The number of nitrogens with one attached hydrogen (secondary N) is 1. The van der Waals surface area contributed by atoms with Gasteiger partial charge in [0.05, 0.1) is 0 Å². The molecular formula is C21H35N3O. The molecule has 0 aromatic heterocycles. The fourth-order valence-electron chi connectivity index (χ4n) is 3.61. The summed E-state index contributed by atoms with van der Waals surface area (Å²) >= 11 is 0. The van der Waals surface area contributed by atoms with Crippen LogP contribution in [0.5, 0.6) is 0 Å². The lowest BCUT2D eigenvalue weighted by Crippen LogP contribution is -2.46. The van der Waals surface area contributed by atoms with Crippen molar-refractivity contribution in [3.8, 4) is 0 Å². The molecule has 0 saturated carbocycles. The van der Waals surface area contributed by atoms with E-state index in [2.05, 4.69) is 48.0 Å². The van der Waals surface area contributed by atoms with Gasteiger partial charge in [0.15, 0.2) is 0 Å². The molecule has 1 aliphatic heterocycles. The third kappa shape index (κ3) is 5.46. The summed E-state index contributed by atoms with van der Waals surface area (Å²) in [5.41, 5.74) is 2.04. The van der Waals surface area contributed by atoms with E-state index in [-0.39, 0.29) is 5.91 Å². The van der Waals surface area contributed by atoms with Gasteiger partial charge in [-0.05, 0) is 70.0 Å². The maximum atomic E-state index is 13.0. The molecule has 140 valence electrons. The molecule has 1 aromatic carbocycles. The molecule has 0 aliphatic carbocycles. The highest BCUT2D eigenvalue weighted by Gasteiger charge is 2.25. The summed E-state index contributed by atoms with van der Waals surface area (Å²) in [7, 11) is 0. The van der Waals surface area contributed by atoms with Crippen LogP contribution in [0.1, 0.15) is 63.2 Å². The predicted octanol–water partition coefficient (Wildman–Crippen LogP) is 3.92. The summed E-state index contributed by atoms with van der Waals surface area (Å²) in [6, 6.07) is 8.62. The Labute approximate surface area is 153 Å². The maximum Gasteiger partial charge on any atom is 0.254 e. The van der Waals surface area contributed by atoms with Crippen molar-refractivity contribution in [2.45, 2.75) is 58.9 Å². The van der Waals surface area contributed by atoms with Crippen LogP contribution in [0.15, 0.2) is 24.3 Å². The minimum absolute atomic E-state index is 0.192. The highest BCUT2D eigenvalue weighted by atomic mass is 16.2. The van der Waals surface area contributed by atoms with Crippen molar-refractivity contribution in [3.63, 3.8) is 0 Å². The van der Waals surface area contributed by atoms with Gasteiger partial charge in [-0.15, -0.1) is 0 Å². The SMILES string of the molecule is CCCCN(CC)c1ccc(C(=O)N(CCC)C2CCNCC2)cc1. The van der Waals surface area contributed by atoms with Gasteiger partial charge in [-0.2, -0.15) is 0 Å². The van der Waals surface area contributed by atoms with E-state index in [0.717, 1.165) is 57.5 Å². The summed E-state index contributed by atoms with van der Waals surface area (Å²) in [5, 5.41) is 3.39. The van der Waals surface area contributed by atoms with Crippen molar-refractivity contribution in [3.05, 3.63) is 29.8 Å². The number of carbonyl (C=O) groups is 1. The molecule has 0 radical (unpaired) electrons. The molecule has 1 aliphatic rings. The van der Waals surface area contributed by atoms with Gasteiger partial charge in [0, 0.05) is 36.9 Å². The van der Waals surface area contributed by atoms with Crippen LogP contribution in [0.3, 0.4) is 0 Å². The molecule has 1 heterocycles. The summed E-state index contributed by atoms with van der Waals surface area (Å²) in [6.45, 7) is 11.5. The summed E-state index contributed by atoms with van der Waals surface area (Å²) in [5.74, 6) is 0.192.